The molecule has 1 N–H and O–H groups in total. The molecule has 0 saturated carbocycles. The molecule has 0 bridgehead atoms. The van der Waals surface area contributed by atoms with Crippen molar-refractivity contribution in [1.29, 1.82) is 0 Å². The fraction of sp³-hybridized carbons (Fsp3) is 0.444. The molecule has 7 heteroatoms. The number of aromatic nitrogens is 4. The lowest BCUT2D eigenvalue weighted by Crippen LogP contribution is -2.31. The summed E-state index contributed by atoms with van der Waals surface area (Å²) in [6.07, 6.45) is 3.59. The van der Waals surface area contributed by atoms with Gasteiger partial charge in [0.05, 0.1) is 17.1 Å². The SMILES string of the molecule is CCc1nc([C@H]2CCCN2C(=O)CCc2nc3ccccc3[nH]2)no1. The quantitative estimate of drug-likeness (QED) is 0.772. The highest BCUT2D eigenvalue weighted by Crippen LogP contribution is 2.30. The van der Waals surface area contributed by atoms with E-state index in [1.165, 1.54) is 0 Å². The zero-order valence-electron chi connectivity index (χ0n) is 14.2. The summed E-state index contributed by atoms with van der Waals surface area (Å²) in [5.41, 5.74) is 1.94. The van der Waals surface area contributed by atoms with Crippen LogP contribution in [0.1, 0.15) is 49.8 Å². The number of imidazole rings is 1. The van der Waals surface area contributed by atoms with Crippen LogP contribution < -0.4 is 0 Å². The maximum Gasteiger partial charge on any atom is 0.226 e. The number of aryl methyl sites for hydroxylation is 2. The van der Waals surface area contributed by atoms with Gasteiger partial charge in [0.1, 0.15) is 5.82 Å². The lowest BCUT2D eigenvalue weighted by atomic mass is 10.2. The van der Waals surface area contributed by atoms with Gasteiger partial charge in [0, 0.05) is 25.8 Å². The number of benzene rings is 1. The molecule has 0 unspecified atom stereocenters. The van der Waals surface area contributed by atoms with Gasteiger partial charge >= 0.3 is 0 Å². The number of carbonyl (C=O) groups is 1. The van der Waals surface area contributed by atoms with Crippen LogP contribution in [0.5, 0.6) is 0 Å². The number of nitrogens with one attached hydrogen (secondary N) is 1. The minimum absolute atomic E-state index is 0.0628. The molecule has 1 saturated heterocycles. The van der Waals surface area contributed by atoms with Crippen molar-refractivity contribution in [2.45, 2.75) is 45.1 Å². The van der Waals surface area contributed by atoms with E-state index in [0.717, 1.165) is 36.2 Å². The number of rotatable bonds is 5. The third-order valence-corrected chi connectivity index (χ3v) is 4.67. The van der Waals surface area contributed by atoms with Gasteiger partial charge in [-0.05, 0) is 25.0 Å². The van der Waals surface area contributed by atoms with E-state index in [-0.39, 0.29) is 11.9 Å². The molecule has 130 valence electrons. The Kier molecular flexibility index (Phi) is 4.21. The summed E-state index contributed by atoms with van der Waals surface area (Å²) in [5.74, 6) is 2.21. The third-order valence-electron chi connectivity index (χ3n) is 4.67. The van der Waals surface area contributed by atoms with E-state index in [9.17, 15) is 4.79 Å². The van der Waals surface area contributed by atoms with Crippen molar-refractivity contribution >= 4 is 16.9 Å². The maximum atomic E-state index is 12.7. The van der Waals surface area contributed by atoms with Crippen molar-refractivity contribution in [2.75, 3.05) is 6.54 Å². The Bertz CT molecular complexity index is 851. The third kappa shape index (κ3) is 3.14. The van der Waals surface area contributed by atoms with E-state index < -0.39 is 0 Å². The second-order valence-corrected chi connectivity index (χ2v) is 6.35. The molecule has 1 aliphatic rings. The first kappa shape index (κ1) is 15.8. The van der Waals surface area contributed by atoms with E-state index >= 15 is 0 Å². The number of fused-ring (bicyclic) bond motifs is 1. The lowest BCUT2D eigenvalue weighted by molar-refractivity contribution is -0.132. The topological polar surface area (TPSA) is 87.9 Å². The summed E-state index contributed by atoms with van der Waals surface area (Å²) < 4.78 is 5.20. The summed E-state index contributed by atoms with van der Waals surface area (Å²) in [6.45, 7) is 2.72. The maximum absolute atomic E-state index is 12.7. The average molecular weight is 339 g/mol. The smallest absolute Gasteiger partial charge is 0.226 e. The van der Waals surface area contributed by atoms with Crippen LogP contribution in [0.15, 0.2) is 28.8 Å². The Morgan fingerprint density at radius 3 is 3.04 bits per heavy atom. The van der Waals surface area contributed by atoms with Gasteiger partial charge < -0.3 is 14.4 Å². The van der Waals surface area contributed by atoms with E-state index in [0.29, 0.717) is 31.0 Å². The number of hydrogen-bond donors (Lipinski definition) is 1. The van der Waals surface area contributed by atoms with Crippen LogP contribution >= 0.6 is 0 Å². The van der Waals surface area contributed by atoms with E-state index in [4.69, 9.17) is 4.52 Å². The Hall–Kier alpha value is -2.70. The van der Waals surface area contributed by atoms with Crippen molar-refractivity contribution in [2.24, 2.45) is 0 Å². The second-order valence-electron chi connectivity index (χ2n) is 6.35. The van der Waals surface area contributed by atoms with Crippen LogP contribution in [0.25, 0.3) is 11.0 Å². The molecule has 0 radical (unpaired) electrons. The highest BCUT2D eigenvalue weighted by atomic mass is 16.5. The van der Waals surface area contributed by atoms with Crippen LogP contribution in [0.2, 0.25) is 0 Å². The molecular formula is C18H21N5O2. The van der Waals surface area contributed by atoms with Gasteiger partial charge in [-0.15, -0.1) is 0 Å². The van der Waals surface area contributed by atoms with Crippen molar-refractivity contribution in [3.8, 4) is 0 Å². The Balaban J connectivity index is 1.42. The number of para-hydroxylation sites is 2. The van der Waals surface area contributed by atoms with Crippen molar-refractivity contribution in [1.82, 2.24) is 25.0 Å². The van der Waals surface area contributed by atoms with Crippen LogP contribution in [0.3, 0.4) is 0 Å². The average Bonchev–Trinajstić information content (AvgIpc) is 3.37. The van der Waals surface area contributed by atoms with E-state index in [1.54, 1.807) is 0 Å². The minimum atomic E-state index is -0.0628. The van der Waals surface area contributed by atoms with Gasteiger partial charge in [0.15, 0.2) is 5.82 Å². The van der Waals surface area contributed by atoms with Crippen molar-refractivity contribution in [3.05, 3.63) is 41.8 Å². The molecule has 3 aromatic rings. The zero-order chi connectivity index (χ0) is 17.2. The molecule has 1 atom stereocenters. The molecule has 4 rings (SSSR count). The molecule has 0 spiro atoms. The van der Waals surface area contributed by atoms with Crippen molar-refractivity contribution < 1.29 is 9.32 Å². The number of nitrogens with zero attached hydrogens (tertiary/aromatic N) is 4. The number of H-pyrrole nitrogens is 1. The van der Waals surface area contributed by atoms with Gasteiger partial charge in [-0.1, -0.05) is 24.2 Å². The van der Waals surface area contributed by atoms with Crippen LogP contribution in [0, 0.1) is 0 Å². The van der Waals surface area contributed by atoms with Gasteiger partial charge in [-0.3, -0.25) is 4.79 Å². The zero-order valence-corrected chi connectivity index (χ0v) is 14.2. The first-order valence-electron chi connectivity index (χ1n) is 8.80. The Morgan fingerprint density at radius 1 is 1.36 bits per heavy atom. The summed E-state index contributed by atoms with van der Waals surface area (Å²) >= 11 is 0. The first-order valence-corrected chi connectivity index (χ1v) is 8.80. The molecule has 7 nitrogen and oxygen atoms in total. The van der Waals surface area contributed by atoms with Crippen molar-refractivity contribution in [3.63, 3.8) is 0 Å². The monoisotopic (exact) mass is 339 g/mol. The Morgan fingerprint density at radius 2 is 2.24 bits per heavy atom. The van der Waals surface area contributed by atoms with Gasteiger partial charge in [0.25, 0.3) is 0 Å². The molecule has 1 amide bonds. The summed E-state index contributed by atoms with van der Waals surface area (Å²) in [4.78, 5) is 26.8. The fourth-order valence-corrected chi connectivity index (χ4v) is 3.37. The van der Waals surface area contributed by atoms with Crippen LogP contribution in [-0.4, -0.2) is 37.5 Å². The minimum Gasteiger partial charge on any atom is -0.342 e. The molecular weight excluding hydrogens is 318 g/mol. The molecule has 1 aromatic carbocycles. The van der Waals surface area contributed by atoms with Gasteiger partial charge in [-0.2, -0.15) is 4.98 Å². The number of aromatic amines is 1. The number of amides is 1. The molecule has 25 heavy (non-hydrogen) atoms. The number of carbonyl (C=O) groups excluding carboxylic acids is 1. The van der Waals surface area contributed by atoms with E-state index in [1.807, 2.05) is 36.1 Å². The van der Waals surface area contributed by atoms with E-state index in [2.05, 4.69) is 20.1 Å². The first-order chi connectivity index (χ1) is 12.2. The second kappa shape index (κ2) is 6.66. The molecule has 3 heterocycles. The molecule has 1 aliphatic heterocycles. The van der Waals surface area contributed by atoms with Gasteiger partial charge in [0.2, 0.25) is 11.8 Å². The standard InChI is InChI=1S/C18H21N5O2/c1-2-16-21-18(22-25-16)14-8-5-11-23(14)17(24)10-9-15-19-12-6-3-4-7-13(12)20-15/h3-4,6-7,14H,2,5,8-11H2,1H3,(H,19,20)/t14-/m1/s1. The molecule has 0 aliphatic carbocycles. The number of likely N-dealkylation sites (tertiary alicyclic amines) is 1. The lowest BCUT2D eigenvalue weighted by Gasteiger charge is -2.22. The Labute approximate surface area is 145 Å². The fourth-order valence-electron chi connectivity index (χ4n) is 3.37. The summed E-state index contributed by atoms with van der Waals surface area (Å²) in [5, 5.41) is 4.05. The predicted octanol–water partition coefficient (Wildman–Crippen LogP) is 2.80. The van der Waals surface area contributed by atoms with Gasteiger partial charge in [-0.25, -0.2) is 4.98 Å². The highest BCUT2D eigenvalue weighted by molar-refractivity contribution is 5.78. The largest absolute Gasteiger partial charge is 0.342 e. The summed E-state index contributed by atoms with van der Waals surface area (Å²) in [6, 6.07) is 7.83. The molecule has 2 aromatic heterocycles. The highest BCUT2D eigenvalue weighted by Gasteiger charge is 2.33. The molecule has 1 fully saturated rings. The van der Waals surface area contributed by atoms with Crippen LogP contribution in [-0.2, 0) is 17.6 Å². The number of hydrogen-bond acceptors (Lipinski definition) is 5. The normalized spacial score (nSPS) is 17.5. The summed E-state index contributed by atoms with van der Waals surface area (Å²) in [7, 11) is 0. The predicted molar refractivity (Wildman–Crippen MR) is 91.8 cm³/mol. The van der Waals surface area contributed by atoms with Crippen LogP contribution in [0.4, 0.5) is 0 Å².